The van der Waals surface area contributed by atoms with Gasteiger partial charge in [-0.15, -0.1) is 0 Å². The van der Waals surface area contributed by atoms with E-state index in [0.717, 1.165) is 10.9 Å². The van der Waals surface area contributed by atoms with E-state index in [2.05, 4.69) is 4.72 Å². The Bertz CT molecular complexity index is 1290. The first kappa shape index (κ1) is 25.7. The molecule has 0 radical (unpaired) electrons. The van der Waals surface area contributed by atoms with Gasteiger partial charge >= 0.3 is 11.7 Å². The molecule has 0 aliphatic rings. The van der Waals surface area contributed by atoms with Crippen LogP contribution in [0.4, 0.5) is 10.5 Å². The fraction of sp³-hybridized carbons (Fsp3) is 0.333. The highest BCUT2D eigenvalue weighted by Gasteiger charge is 2.19. The average Bonchev–Trinajstić information content (AvgIpc) is 2.77. The molecule has 0 saturated carbocycles. The van der Waals surface area contributed by atoms with Crippen molar-refractivity contribution in [2.75, 3.05) is 38.7 Å². The minimum atomic E-state index is -1.25. The van der Waals surface area contributed by atoms with Gasteiger partial charge in [-0.25, -0.2) is 13.8 Å². The van der Waals surface area contributed by atoms with Gasteiger partial charge in [0, 0.05) is 49.8 Å². The van der Waals surface area contributed by atoms with Gasteiger partial charge in [-0.1, -0.05) is 30.7 Å². The largest absolute Gasteiger partial charge is 0.422 e. The second-order valence-electron chi connectivity index (χ2n) is 8.20. The molecule has 3 rings (SSSR count). The lowest BCUT2D eigenvalue weighted by Gasteiger charge is -2.17. The average molecular weight is 506 g/mol. The molecule has 1 atom stereocenters. The predicted molar refractivity (Wildman–Crippen MR) is 136 cm³/mol. The molecule has 1 aromatic heterocycles. The van der Waals surface area contributed by atoms with Crippen LogP contribution in [0, 0.1) is 0 Å². The van der Waals surface area contributed by atoms with Gasteiger partial charge in [0.1, 0.15) is 22.3 Å². The quantitative estimate of drug-likeness (QED) is 0.460. The Kier molecular flexibility index (Phi) is 8.35. The molecule has 0 spiro atoms. The zero-order valence-corrected chi connectivity index (χ0v) is 21.4. The molecule has 1 unspecified atom stereocenters. The van der Waals surface area contributed by atoms with E-state index in [-0.39, 0.29) is 12.2 Å². The fourth-order valence-electron chi connectivity index (χ4n) is 3.40. The molecular weight excluding hydrogens is 478 g/mol. The molecule has 1 N–H and O–H groups in total. The molecule has 0 fully saturated rings. The maximum atomic E-state index is 13.1. The van der Waals surface area contributed by atoms with Gasteiger partial charge in [0.05, 0.1) is 10.7 Å². The van der Waals surface area contributed by atoms with Gasteiger partial charge in [0.15, 0.2) is 0 Å². The Hall–Kier alpha value is -2.88. The van der Waals surface area contributed by atoms with Gasteiger partial charge < -0.3 is 23.7 Å². The summed E-state index contributed by atoms with van der Waals surface area (Å²) in [4.78, 5) is 28.3. The molecule has 34 heavy (non-hydrogen) atoms. The standard InChI is InChI=1S/C24H28ClN3O5S/c1-6-34(31)26-20-9-7-8-15(22(20)25)12-18-19(14-27(2)3)17-11-10-16(32-24(30)28(4)5)13-21(17)33-23(18)29/h7-11,13,26H,6,12,14H2,1-5H3. The highest BCUT2D eigenvalue weighted by Crippen LogP contribution is 2.31. The van der Waals surface area contributed by atoms with Crippen LogP contribution >= 0.6 is 11.6 Å². The van der Waals surface area contributed by atoms with E-state index in [9.17, 15) is 13.8 Å². The number of nitrogens with zero attached hydrogens (tertiary/aromatic N) is 2. The van der Waals surface area contributed by atoms with Gasteiger partial charge in [-0.3, -0.25) is 0 Å². The van der Waals surface area contributed by atoms with E-state index in [0.29, 0.717) is 39.7 Å². The normalized spacial score (nSPS) is 12.1. The van der Waals surface area contributed by atoms with Crippen LogP contribution in [0.3, 0.4) is 0 Å². The van der Waals surface area contributed by atoms with Crippen molar-refractivity contribution in [3.8, 4) is 5.75 Å². The molecule has 2 aromatic carbocycles. The molecule has 8 nitrogen and oxygen atoms in total. The predicted octanol–water partition coefficient (Wildman–Crippen LogP) is 4.25. The van der Waals surface area contributed by atoms with Gasteiger partial charge in [0.2, 0.25) is 0 Å². The highest BCUT2D eigenvalue weighted by atomic mass is 35.5. The minimum absolute atomic E-state index is 0.242. The number of hydrogen-bond acceptors (Lipinski definition) is 6. The maximum absolute atomic E-state index is 13.1. The molecule has 182 valence electrons. The molecule has 0 saturated heterocycles. The summed E-state index contributed by atoms with van der Waals surface area (Å²) in [6, 6.07) is 10.4. The van der Waals surface area contributed by atoms with Crippen LogP contribution in [0.5, 0.6) is 5.75 Å². The SMILES string of the molecule is CCS(=O)Nc1cccc(Cc2c(CN(C)C)c3ccc(OC(=O)N(C)C)cc3oc2=O)c1Cl. The van der Waals surface area contributed by atoms with Crippen LogP contribution in [0.15, 0.2) is 45.6 Å². The summed E-state index contributed by atoms with van der Waals surface area (Å²) in [5.74, 6) is 0.719. The Morgan fingerprint density at radius 2 is 1.88 bits per heavy atom. The number of fused-ring (bicyclic) bond motifs is 1. The van der Waals surface area contributed by atoms with Crippen molar-refractivity contribution in [3.63, 3.8) is 0 Å². The molecule has 3 aromatic rings. The first-order valence-corrected chi connectivity index (χ1v) is 12.3. The number of amides is 1. The third-order valence-corrected chi connectivity index (χ3v) is 6.49. The summed E-state index contributed by atoms with van der Waals surface area (Å²) in [5.41, 5.74) is 2.37. The summed E-state index contributed by atoms with van der Waals surface area (Å²) in [6.07, 6.45) is -0.287. The monoisotopic (exact) mass is 505 g/mol. The zero-order valence-electron chi connectivity index (χ0n) is 19.8. The molecule has 0 aliphatic heterocycles. The minimum Gasteiger partial charge on any atom is -0.422 e. The molecule has 10 heteroatoms. The lowest BCUT2D eigenvalue weighted by Crippen LogP contribution is -2.25. The molecule has 1 amide bonds. The molecule has 0 bridgehead atoms. The molecular formula is C24H28ClN3O5S. The van der Waals surface area contributed by atoms with Crippen molar-refractivity contribution in [2.45, 2.75) is 19.9 Å². The Labute approximate surface area is 206 Å². The number of halogens is 1. The number of rotatable bonds is 8. The Morgan fingerprint density at radius 1 is 1.15 bits per heavy atom. The van der Waals surface area contributed by atoms with E-state index >= 15 is 0 Å². The number of carbonyl (C=O) groups excluding carboxylic acids is 1. The second kappa shape index (κ2) is 11.0. The van der Waals surface area contributed by atoms with E-state index < -0.39 is 22.7 Å². The smallest absolute Gasteiger partial charge is 0.414 e. The Morgan fingerprint density at radius 3 is 2.53 bits per heavy atom. The van der Waals surface area contributed by atoms with Crippen LogP contribution in [0.1, 0.15) is 23.6 Å². The highest BCUT2D eigenvalue weighted by molar-refractivity contribution is 7.86. The van der Waals surface area contributed by atoms with Crippen LogP contribution in [0.2, 0.25) is 5.02 Å². The first-order valence-electron chi connectivity index (χ1n) is 10.7. The fourth-order valence-corrected chi connectivity index (χ4v) is 4.25. The van der Waals surface area contributed by atoms with Crippen molar-refractivity contribution >= 4 is 45.3 Å². The number of benzene rings is 2. The Balaban J connectivity index is 2.08. The van der Waals surface area contributed by atoms with Gasteiger partial charge in [-0.2, -0.15) is 0 Å². The number of anilines is 1. The van der Waals surface area contributed by atoms with Gasteiger partial charge in [-0.05, 0) is 43.4 Å². The zero-order chi connectivity index (χ0) is 25.0. The number of ether oxygens (including phenoxy) is 1. The molecule has 0 aliphatic carbocycles. The third kappa shape index (κ3) is 5.97. The summed E-state index contributed by atoms with van der Waals surface area (Å²) >= 11 is 6.59. The third-order valence-electron chi connectivity index (χ3n) is 5.07. The summed E-state index contributed by atoms with van der Waals surface area (Å²) in [5, 5.41) is 1.15. The van der Waals surface area contributed by atoms with E-state index in [1.165, 1.54) is 4.90 Å². The summed E-state index contributed by atoms with van der Waals surface area (Å²) < 4.78 is 25.8. The van der Waals surface area contributed by atoms with Crippen LogP contribution in [-0.4, -0.2) is 54.0 Å². The van der Waals surface area contributed by atoms with Crippen molar-refractivity contribution in [1.82, 2.24) is 9.80 Å². The van der Waals surface area contributed by atoms with Crippen LogP contribution < -0.4 is 15.1 Å². The van der Waals surface area contributed by atoms with Crippen molar-refractivity contribution < 1.29 is 18.2 Å². The summed E-state index contributed by atoms with van der Waals surface area (Å²) in [6.45, 7) is 2.30. The molecule has 1 heterocycles. The maximum Gasteiger partial charge on any atom is 0.414 e. The van der Waals surface area contributed by atoms with Gasteiger partial charge in [0.25, 0.3) is 0 Å². The lowest BCUT2D eigenvalue weighted by atomic mass is 9.97. The van der Waals surface area contributed by atoms with E-state index in [1.54, 1.807) is 44.4 Å². The van der Waals surface area contributed by atoms with Crippen molar-refractivity contribution in [2.24, 2.45) is 0 Å². The number of nitrogens with one attached hydrogen (secondary N) is 1. The summed E-state index contributed by atoms with van der Waals surface area (Å²) in [7, 11) is 5.74. The lowest BCUT2D eigenvalue weighted by molar-refractivity contribution is 0.172. The van der Waals surface area contributed by atoms with Crippen molar-refractivity contribution in [3.05, 3.63) is 68.5 Å². The first-order chi connectivity index (χ1) is 16.1. The van der Waals surface area contributed by atoms with E-state index in [1.807, 2.05) is 32.0 Å². The number of hydrogen-bond donors (Lipinski definition) is 1. The second-order valence-corrected chi connectivity index (χ2v) is 10.0. The van der Waals surface area contributed by atoms with Crippen molar-refractivity contribution in [1.29, 1.82) is 0 Å². The van der Waals surface area contributed by atoms with Crippen LogP contribution in [-0.2, 0) is 24.0 Å². The van der Waals surface area contributed by atoms with E-state index in [4.69, 9.17) is 20.8 Å². The topological polar surface area (TPSA) is 92.1 Å². The van der Waals surface area contributed by atoms with Crippen LogP contribution in [0.25, 0.3) is 11.0 Å². The number of carbonyl (C=O) groups is 1.